The van der Waals surface area contributed by atoms with Gasteiger partial charge < -0.3 is 11.1 Å². The molecule has 0 saturated heterocycles. The minimum atomic E-state index is -0.197. The van der Waals surface area contributed by atoms with E-state index in [4.69, 9.17) is 5.73 Å². The Hall–Kier alpha value is -0.850. The molecule has 1 fully saturated rings. The van der Waals surface area contributed by atoms with E-state index >= 15 is 0 Å². The van der Waals surface area contributed by atoms with E-state index in [2.05, 4.69) is 10.3 Å². The van der Waals surface area contributed by atoms with Gasteiger partial charge in [0.15, 0.2) is 5.96 Å². The van der Waals surface area contributed by atoms with Gasteiger partial charge in [0.1, 0.15) is 5.82 Å². The highest BCUT2D eigenvalue weighted by molar-refractivity contribution is 14.0. The first-order valence-corrected chi connectivity index (χ1v) is 6.65. The van der Waals surface area contributed by atoms with Crippen LogP contribution < -0.4 is 11.1 Å². The average Bonchev–Trinajstić information content (AvgIpc) is 3.06. The number of aliphatic imine (C=N–C) groups is 1. The quantitative estimate of drug-likeness (QED) is 0.473. The predicted octanol–water partition coefficient (Wildman–Crippen LogP) is 3.18. The van der Waals surface area contributed by atoms with Gasteiger partial charge in [-0.25, -0.2) is 4.39 Å². The molecule has 0 spiro atoms. The van der Waals surface area contributed by atoms with E-state index in [9.17, 15) is 4.39 Å². The van der Waals surface area contributed by atoms with Crippen molar-refractivity contribution in [3.8, 4) is 0 Å². The number of guanidine groups is 1. The molecular weight excluding hydrogens is 368 g/mol. The summed E-state index contributed by atoms with van der Waals surface area (Å²) in [6.07, 6.45) is 2.18. The maximum Gasteiger partial charge on any atom is 0.189 e. The van der Waals surface area contributed by atoms with Crippen LogP contribution in [0.5, 0.6) is 0 Å². The van der Waals surface area contributed by atoms with Crippen LogP contribution >= 0.6 is 24.0 Å². The summed E-state index contributed by atoms with van der Waals surface area (Å²) >= 11 is 0. The van der Waals surface area contributed by atoms with Crippen LogP contribution in [0, 0.1) is 5.82 Å². The van der Waals surface area contributed by atoms with Gasteiger partial charge in [0.25, 0.3) is 0 Å². The van der Waals surface area contributed by atoms with Crippen LogP contribution in [-0.2, 0) is 5.41 Å². The van der Waals surface area contributed by atoms with Crippen molar-refractivity contribution in [3.05, 3.63) is 35.6 Å². The molecule has 112 valence electrons. The van der Waals surface area contributed by atoms with Gasteiger partial charge in [0.2, 0.25) is 0 Å². The van der Waals surface area contributed by atoms with Crippen LogP contribution in [0.25, 0.3) is 0 Å². The lowest BCUT2D eigenvalue weighted by molar-refractivity contribution is 0.507. The van der Waals surface area contributed by atoms with Crippen molar-refractivity contribution in [2.24, 2.45) is 10.7 Å². The highest BCUT2D eigenvalue weighted by Gasteiger charge is 2.44. The van der Waals surface area contributed by atoms with E-state index in [1.165, 1.54) is 12.1 Å². The maximum absolute atomic E-state index is 12.9. The summed E-state index contributed by atoms with van der Waals surface area (Å²) in [6, 6.07) is 6.72. The van der Waals surface area contributed by atoms with Crippen LogP contribution in [0.1, 0.15) is 39.2 Å². The van der Waals surface area contributed by atoms with Gasteiger partial charge in [-0.05, 0) is 51.3 Å². The van der Waals surface area contributed by atoms with Gasteiger partial charge >= 0.3 is 0 Å². The van der Waals surface area contributed by atoms with Gasteiger partial charge in [-0.15, -0.1) is 24.0 Å². The molecule has 0 aromatic heterocycles. The lowest BCUT2D eigenvalue weighted by Crippen LogP contribution is -2.45. The molecule has 3 nitrogen and oxygen atoms in total. The third-order valence-electron chi connectivity index (χ3n) is 3.37. The molecule has 0 amide bonds. The van der Waals surface area contributed by atoms with Crippen molar-refractivity contribution < 1.29 is 4.39 Å². The smallest absolute Gasteiger partial charge is 0.189 e. The third kappa shape index (κ3) is 4.61. The first kappa shape index (κ1) is 17.2. The standard InChI is InChI=1S/C15H22FN3.HI/c1-14(2,3)19-13(17)18-10-15(8-9-15)11-4-6-12(16)7-5-11;/h4-7H,8-10H2,1-3H3,(H3,17,18,19);1H. The van der Waals surface area contributed by atoms with Crippen LogP contribution in [0.3, 0.4) is 0 Å². The topological polar surface area (TPSA) is 50.4 Å². The Bertz CT molecular complexity index is 473. The van der Waals surface area contributed by atoms with E-state index in [-0.39, 0.29) is 40.7 Å². The normalized spacial score (nSPS) is 17.3. The van der Waals surface area contributed by atoms with E-state index in [0.717, 1.165) is 18.4 Å². The fourth-order valence-corrected chi connectivity index (χ4v) is 2.15. The Kier molecular flexibility index (Phi) is 5.40. The molecule has 3 N–H and O–H groups in total. The summed E-state index contributed by atoms with van der Waals surface area (Å²) in [6.45, 7) is 6.79. The zero-order valence-electron chi connectivity index (χ0n) is 12.2. The number of benzene rings is 1. The van der Waals surface area contributed by atoms with E-state index < -0.39 is 0 Å². The summed E-state index contributed by atoms with van der Waals surface area (Å²) in [5.74, 6) is 0.276. The summed E-state index contributed by atoms with van der Waals surface area (Å²) in [4.78, 5) is 4.43. The SMILES string of the molecule is CC(C)(C)NC(N)=NCC1(c2ccc(F)cc2)CC1.I. The number of hydrogen-bond donors (Lipinski definition) is 2. The van der Waals surface area contributed by atoms with Gasteiger partial charge in [-0.2, -0.15) is 0 Å². The number of nitrogens with two attached hydrogens (primary N) is 1. The lowest BCUT2D eigenvalue weighted by atomic mass is 9.96. The van der Waals surface area contributed by atoms with Crippen LogP contribution in [-0.4, -0.2) is 18.0 Å². The fourth-order valence-electron chi connectivity index (χ4n) is 2.15. The zero-order valence-corrected chi connectivity index (χ0v) is 14.6. The highest BCUT2D eigenvalue weighted by Crippen LogP contribution is 2.48. The van der Waals surface area contributed by atoms with E-state index in [1.807, 2.05) is 32.9 Å². The molecule has 2 rings (SSSR count). The van der Waals surface area contributed by atoms with Crippen LogP contribution in [0.2, 0.25) is 0 Å². The summed E-state index contributed by atoms with van der Waals surface area (Å²) in [7, 11) is 0. The Labute approximate surface area is 137 Å². The molecular formula is C15H23FIN3. The average molecular weight is 391 g/mol. The van der Waals surface area contributed by atoms with Crippen molar-refractivity contribution in [2.75, 3.05) is 6.54 Å². The lowest BCUT2D eigenvalue weighted by Gasteiger charge is -2.21. The molecule has 0 aliphatic heterocycles. The minimum absolute atomic E-state index is 0. The Morgan fingerprint density at radius 2 is 1.85 bits per heavy atom. The first-order valence-electron chi connectivity index (χ1n) is 6.65. The number of rotatable bonds is 3. The molecule has 0 heterocycles. The van der Waals surface area contributed by atoms with E-state index in [0.29, 0.717) is 12.5 Å². The highest BCUT2D eigenvalue weighted by atomic mass is 127. The van der Waals surface area contributed by atoms with Crippen molar-refractivity contribution in [1.29, 1.82) is 0 Å². The first-order chi connectivity index (χ1) is 8.81. The van der Waals surface area contributed by atoms with Crippen molar-refractivity contribution in [2.45, 2.75) is 44.6 Å². The Balaban J connectivity index is 0.00000200. The molecule has 0 radical (unpaired) electrons. The number of halogens is 2. The second-order valence-corrected chi connectivity index (χ2v) is 6.36. The van der Waals surface area contributed by atoms with Crippen molar-refractivity contribution >= 4 is 29.9 Å². The molecule has 20 heavy (non-hydrogen) atoms. The van der Waals surface area contributed by atoms with E-state index in [1.54, 1.807) is 0 Å². The second-order valence-electron chi connectivity index (χ2n) is 6.36. The second kappa shape index (κ2) is 6.28. The molecule has 1 saturated carbocycles. The monoisotopic (exact) mass is 391 g/mol. The van der Waals surface area contributed by atoms with Gasteiger partial charge in [-0.3, -0.25) is 4.99 Å². The fraction of sp³-hybridized carbons (Fsp3) is 0.533. The largest absolute Gasteiger partial charge is 0.370 e. The number of nitrogens with zero attached hydrogens (tertiary/aromatic N) is 1. The zero-order chi connectivity index (χ0) is 14.1. The number of nitrogens with one attached hydrogen (secondary N) is 1. The molecule has 1 aliphatic carbocycles. The predicted molar refractivity (Wildman–Crippen MR) is 92.1 cm³/mol. The van der Waals surface area contributed by atoms with Crippen molar-refractivity contribution in [1.82, 2.24) is 5.32 Å². The van der Waals surface area contributed by atoms with Gasteiger partial charge in [-0.1, -0.05) is 12.1 Å². The summed E-state index contributed by atoms with van der Waals surface area (Å²) in [5, 5.41) is 3.15. The summed E-state index contributed by atoms with van der Waals surface area (Å²) in [5.41, 5.74) is 7.01. The Morgan fingerprint density at radius 3 is 2.30 bits per heavy atom. The van der Waals surface area contributed by atoms with Gasteiger partial charge in [0.05, 0.1) is 6.54 Å². The van der Waals surface area contributed by atoms with Crippen LogP contribution in [0.4, 0.5) is 4.39 Å². The Morgan fingerprint density at radius 1 is 1.30 bits per heavy atom. The van der Waals surface area contributed by atoms with Crippen LogP contribution in [0.15, 0.2) is 29.3 Å². The minimum Gasteiger partial charge on any atom is -0.370 e. The molecule has 5 heteroatoms. The van der Waals surface area contributed by atoms with Crippen molar-refractivity contribution in [3.63, 3.8) is 0 Å². The third-order valence-corrected chi connectivity index (χ3v) is 3.37. The van der Waals surface area contributed by atoms with Gasteiger partial charge in [0, 0.05) is 11.0 Å². The summed E-state index contributed by atoms with van der Waals surface area (Å²) < 4.78 is 12.9. The molecule has 1 aromatic rings. The molecule has 1 aromatic carbocycles. The number of hydrogen-bond acceptors (Lipinski definition) is 1. The molecule has 0 atom stereocenters. The molecule has 1 aliphatic rings. The molecule has 0 bridgehead atoms. The molecule has 0 unspecified atom stereocenters. The maximum atomic E-state index is 12.9.